The van der Waals surface area contributed by atoms with Crippen molar-refractivity contribution in [3.63, 3.8) is 0 Å². The summed E-state index contributed by atoms with van der Waals surface area (Å²) in [6.07, 6.45) is 6.54. The van der Waals surface area contributed by atoms with Crippen LogP contribution in [0.5, 0.6) is 0 Å². The summed E-state index contributed by atoms with van der Waals surface area (Å²) in [6.45, 7) is -0.260. The second-order valence-electron chi connectivity index (χ2n) is 11.3. The molecule has 0 radical (unpaired) electrons. The minimum atomic E-state index is -3.85. The number of carbonyl (C=O) groups excluding carboxylic acids is 2. The van der Waals surface area contributed by atoms with E-state index in [1.807, 2.05) is 91.0 Å². The van der Waals surface area contributed by atoms with Gasteiger partial charge in [-0.05, 0) is 35.4 Å². The average molecular weight is 598 g/mol. The number of hydrogen-bond donors (Lipinski definition) is 1. The molecule has 1 fully saturated rings. The maximum atomic E-state index is 14.4. The quantitative estimate of drug-likeness (QED) is 0.241. The van der Waals surface area contributed by atoms with Gasteiger partial charge in [0, 0.05) is 24.4 Å². The molecule has 0 aromatic heterocycles. The molecule has 1 aliphatic rings. The SMILES string of the molecule is CS(=O)(=O)N(CC(=O)N(Cc1ccccc1)[C@@H](Cc1ccccc1)C(=O)NC1CCCCC1)c1cccc2ccccc12. The Morgan fingerprint density at radius 1 is 0.791 bits per heavy atom. The predicted octanol–water partition coefficient (Wildman–Crippen LogP) is 5.69. The Morgan fingerprint density at radius 2 is 1.40 bits per heavy atom. The standard InChI is InChI=1S/C35H39N3O4S/c1-43(41,42)38(32-23-13-19-29-18-11-12-22-31(29)32)26-34(39)37(25-28-16-7-3-8-17-28)33(24-27-14-5-2-6-15-27)35(40)36-30-20-9-4-10-21-30/h2-3,5-8,11-19,22-23,30,33H,4,9-10,20-21,24-26H2,1H3,(H,36,40)/t33-/m0/s1. The number of sulfonamides is 1. The molecule has 1 saturated carbocycles. The Bertz CT molecular complexity index is 1630. The highest BCUT2D eigenvalue weighted by Crippen LogP contribution is 2.29. The van der Waals surface area contributed by atoms with Gasteiger partial charge in [-0.2, -0.15) is 0 Å². The number of hydrogen-bond acceptors (Lipinski definition) is 4. The van der Waals surface area contributed by atoms with Gasteiger partial charge < -0.3 is 10.2 Å². The van der Waals surface area contributed by atoms with Crippen LogP contribution in [0.3, 0.4) is 0 Å². The molecular formula is C35H39N3O4S. The zero-order chi connectivity index (χ0) is 30.2. The van der Waals surface area contributed by atoms with E-state index in [0.29, 0.717) is 12.1 Å². The molecule has 0 spiro atoms. The minimum Gasteiger partial charge on any atom is -0.352 e. The molecule has 224 valence electrons. The maximum absolute atomic E-state index is 14.4. The van der Waals surface area contributed by atoms with E-state index in [2.05, 4.69) is 5.32 Å². The van der Waals surface area contributed by atoms with Crippen LogP contribution in [0.1, 0.15) is 43.2 Å². The molecule has 43 heavy (non-hydrogen) atoms. The van der Waals surface area contributed by atoms with E-state index in [1.165, 1.54) is 0 Å². The molecule has 0 bridgehead atoms. The first kappa shape index (κ1) is 30.3. The van der Waals surface area contributed by atoms with Gasteiger partial charge in [0.1, 0.15) is 12.6 Å². The van der Waals surface area contributed by atoms with Gasteiger partial charge in [0.05, 0.1) is 11.9 Å². The molecule has 0 heterocycles. The van der Waals surface area contributed by atoms with Gasteiger partial charge in [-0.15, -0.1) is 0 Å². The van der Waals surface area contributed by atoms with Crippen LogP contribution in [0.15, 0.2) is 103 Å². The molecule has 0 aliphatic heterocycles. The highest BCUT2D eigenvalue weighted by Gasteiger charge is 2.34. The molecule has 8 heteroatoms. The Labute approximate surface area is 254 Å². The topological polar surface area (TPSA) is 86.8 Å². The summed E-state index contributed by atoms with van der Waals surface area (Å²) in [5.74, 6) is -0.655. The fourth-order valence-corrected chi connectivity index (χ4v) is 6.76. The molecule has 4 aromatic rings. The van der Waals surface area contributed by atoms with Crippen molar-refractivity contribution < 1.29 is 18.0 Å². The Morgan fingerprint density at radius 3 is 2.07 bits per heavy atom. The second-order valence-corrected chi connectivity index (χ2v) is 13.2. The highest BCUT2D eigenvalue weighted by molar-refractivity contribution is 7.92. The molecule has 0 saturated heterocycles. The van der Waals surface area contributed by atoms with E-state index in [4.69, 9.17) is 0 Å². The zero-order valence-electron chi connectivity index (χ0n) is 24.6. The molecule has 0 unspecified atom stereocenters. The Balaban J connectivity index is 1.53. The molecule has 1 atom stereocenters. The number of carbonyl (C=O) groups is 2. The summed E-state index contributed by atoms with van der Waals surface area (Å²) in [6, 6.07) is 31.3. The van der Waals surface area contributed by atoms with Gasteiger partial charge in [0.2, 0.25) is 21.8 Å². The minimum absolute atomic E-state index is 0.0661. The van der Waals surface area contributed by atoms with Crippen molar-refractivity contribution in [1.29, 1.82) is 0 Å². The van der Waals surface area contributed by atoms with Crippen molar-refractivity contribution in [3.05, 3.63) is 114 Å². The number of nitrogens with zero attached hydrogens (tertiary/aromatic N) is 2. The fraction of sp³-hybridized carbons (Fsp3) is 0.314. The van der Waals surface area contributed by atoms with E-state index >= 15 is 0 Å². The van der Waals surface area contributed by atoms with Crippen LogP contribution in [0.4, 0.5) is 5.69 Å². The third kappa shape index (κ3) is 7.82. The summed E-state index contributed by atoms with van der Waals surface area (Å²) in [5, 5.41) is 4.84. The fourth-order valence-electron chi connectivity index (χ4n) is 5.90. The molecule has 4 aromatic carbocycles. The first-order valence-electron chi connectivity index (χ1n) is 14.9. The number of fused-ring (bicyclic) bond motifs is 1. The predicted molar refractivity (Wildman–Crippen MR) is 172 cm³/mol. The van der Waals surface area contributed by atoms with Crippen molar-refractivity contribution in [3.8, 4) is 0 Å². The number of amides is 2. The monoisotopic (exact) mass is 597 g/mol. The van der Waals surface area contributed by atoms with E-state index in [9.17, 15) is 18.0 Å². The van der Waals surface area contributed by atoms with Crippen LogP contribution >= 0.6 is 0 Å². The number of nitrogens with one attached hydrogen (secondary N) is 1. The third-order valence-electron chi connectivity index (χ3n) is 8.13. The van der Waals surface area contributed by atoms with Gasteiger partial charge in [0.25, 0.3) is 0 Å². The van der Waals surface area contributed by atoms with Crippen LogP contribution in [0, 0.1) is 0 Å². The lowest BCUT2D eigenvalue weighted by molar-refractivity contribution is -0.140. The smallest absolute Gasteiger partial charge is 0.244 e. The van der Waals surface area contributed by atoms with E-state index < -0.39 is 28.5 Å². The normalized spacial score (nSPS) is 14.6. The summed E-state index contributed by atoms with van der Waals surface area (Å²) in [5.41, 5.74) is 2.21. The first-order chi connectivity index (χ1) is 20.8. The van der Waals surface area contributed by atoms with Crippen molar-refractivity contribution in [1.82, 2.24) is 10.2 Å². The Kier molecular flexibility index (Phi) is 9.77. The van der Waals surface area contributed by atoms with Crippen LogP contribution in [0.2, 0.25) is 0 Å². The van der Waals surface area contributed by atoms with Crippen molar-refractivity contribution in [2.24, 2.45) is 0 Å². The van der Waals surface area contributed by atoms with Gasteiger partial charge in [-0.1, -0.05) is 116 Å². The maximum Gasteiger partial charge on any atom is 0.244 e. The third-order valence-corrected chi connectivity index (χ3v) is 9.26. The van der Waals surface area contributed by atoms with Crippen LogP contribution in [-0.2, 0) is 32.6 Å². The van der Waals surface area contributed by atoms with Crippen molar-refractivity contribution >= 4 is 38.3 Å². The second kappa shape index (κ2) is 13.9. The summed E-state index contributed by atoms with van der Waals surface area (Å²) < 4.78 is 27.6. The molecule has 7 nitrogen and oxygen atoms in total. The van der Waals surface area contributed by atoms with E-state index in [1.54, 1.807) is 17.0 Å². The first-order valence-corrected chi connectivity index (χ1v) is 16.8. The lowest BCUT2D eigenvalue weighted by atomic mass is 9.94. The molecule has 2 amide bonds. The molecule has 5 rings (SSSR count). The summed E-state index contributed by atoms with van der Waals surface area (Å²) in [4.78, 5) is 30.0. The lowest BCUT2D eigenvalue weighted by Gasteiger charge is -2.35. The van der Waals surface area contributed by atoms with Crippen molar-refractivity contribution in [2.75, 3.05) is 17.1 Å². The van der Waals surface area contributed by atoms with Gasteiger partial charge in [0.15, 0.2) is 0 Å². The summed E-state index contributed by atoms with van der Waals surface area (Å²) in [7, 11) is -3.85. The number of rotatable bonds is 11. The van der Waals surface area contributed by atoms with Gasteiger partial charge >= 0.3 is 0 Å². The van der Waals surface area contributed by atoms with Gasteiger partial charge in [-0.25, -0.2) is 8.42 Å². The highest BCUT2D eigenvalue weighted by atomic mass is 32.2. The molecular weight excluding hydrogens is 558 g/mol. The van der Waals surface area contributed by atoms with Crippen LogP contribution in [-0.4, -0.2) is 50.0 Å². The summed E-state index contributed by atoms with van der Waals surface area (Å²) >= 11 is 0. The van der Waals surface area contributed by atoms with Gasteiger partial charge in [-0.3, -0.25) is 13.9 Å². The zero-order valence-corrected chi connectivity index (χ0v) is 25.4. The largest absolute Gasteiger partial charge is 0.352 e. The molecule has 1 N–H and O–H groups in total. The molecule has 1 aliphatic carbocycles. The number of benzene rings is 4. The van der Waals surface area contributed by atoms with E-state index in [-0.39, 0.29) is 18.5 Å². The number of anilines is 1. The van der Waals surface area contributed by atoms with Crippen molar-refractivity contribution in [2.45, 2.75) is 57.2 Å². The van der Waals surface area contributed by atoms with Crippen LogP contribution in [0.25, 0.3) is 10.8 Å². The lowest BCUT2D eigenvalue weighted by Crippen LogP contribution is -2.55. The average Bonchev–Trinajstić information content (AvgIpc) is 3.02. The van der Waals surface area contributed by atoms with Crippen LogP contribution < -0.4 is 9.62 Å². The van der Waals surface area contributed by atoms with E-state index in [0.717, 1.165) is 64.6 Å². The Hall–Kier alpha value is -4.17.